The lowest BCUT2D eigenvalue weighted by molar-refractivity contribution is -0.142. The van der Waals surface area contributed by atoms with Gasteiger partial charge in [-0.05, 0) is 5.56 Å². The van der Waals surface area contributed by atoms with Crippen LogP contribution < -0.4 is 0 Å². The summed E-state index contributed by atoms with van der Waals surface area (Å²) in [5.41, 5.74) is 1.30. The highest BCUT2D eigenvalue weighted by molar-refractivity contribution is 6.24. The standard InChI is InChI=1S/C14H17NO3/c1-15(2)10-12(11-7-5-4-6-8-11)13(16)9-14(17)18-3/h4-8,10H,9H2,1-3H3. The van der Waals surface area contributed by atoms with Crippen molar-refractivity contribution >= 4 is 17.3 Å². The number of benzene rings is 1. The average Bonchev–Trinajstić information content (AvgIpc) is 2.36. The van der Waals surface area contributed by atoms with Crippen LogP contribution in [0.3, 0.4) is 0 Å². The normalized spacial score (nSPS) is 10.9. The number of carbonyl (C=O) groups excluding carboxylic acids is 2. The van der Waals surface area contributed by atoms with Crippen LogP contribution in [0.25, 0.3) is 5.57 Å². The summed E-state index contributed by atoms with van der Waals surface area (Å²) in [6.45, 7) is 0. The molecular formula is C14H17NO3. The fourth-order valence-corrected chi connectivity index (χ4v) is 1.48. The van der Waals surface area contributed by atoms with Crippen molar-refractivity contribution in [3.63, 3.8) is 0 Å². The average molecular weight is 247 g/mol. The molecule has 0 aliphatic heterocycles. The molecule has 4 nitrogen and oxygen atoms in total. The molecule has 0 spiro atoms. The number of carbonyl (C=O) groups is 2. The zero-order valence-electron chi connectivity index (χ0n) is 10.8. The van der Waals surface area contributed by atoms with Gasteiger partial charge in [0.2, 0.25) is 0 Å². The van der Waals surface area contributed by atoms with Gasteiger partial charge in [0.25, 0.3) is 0 Å². The second kappa shape index (κ2) is 6.59. The lowest BCUT2D eigenvalue weighted by atomic mass is 10.0. The minimum absolute atomic E-state index is 0.245. The third-order valence-electron chi connectivity index (χ3n) is 2.31. The molecule has 0 fully saturated rings. The molecule has 18 heavy (non-hydrogen) atoms. The number of esters is 1. The van der Waals surface area contributed by atoms with E-state index in [4.69, 9.17) is 0 Å². The molecule has 1 aromatic rings. The molecule has 0 saturated carbocycles. The van der Waals surface area contributed by atoms with E-state index in [1.54, 1.807) is 11.1 Å². The van der Waals surface area contributed by atoms with Gasteiger partial charge in [0.1, 0.15) is 6.42 Å². The Labute approximate surface area is 107 Å². The molecule has 0 amide bonds. The predicted molar refractivity (Wildman–Crippen MR) is 69.7 cm³/mol. The zero-order valence-corrected chi connectivity index (χ0v) is 10.8. The van der Waals surface area contributed by atoms with Gasteiger partial charge in [-0.1, -0.05) is 30.3 Å². The van der Waals surface area contributed by atoms with Crippen molar-refractivity contribution < 1.29 is 14.3 Å². The Morgan fingerprint density at radius 1 is 1.22 bits per heavy atom. The molecule has 0 bridgehead atoms. The number of allylic oxidation sites excluding steroid dienone is 1. The van der Waals surface area contributed by atoms with Crippen molar-refractivity contribution in [2.45, 2.75) is 6.42 Å². The minimum Gasteiger partial charge on any atom is -0.469 e. The lowest BCUT2D eigenvalue weighted by Gasteiger charge is -2.11. The number of Topliss-reactive ketones (excluding diaryl/α,β-unsaturated/α-hetero) is 1. The maximum atomic E-state index is 12.1. The highest BCUT2D eigenvalue weighted by atomic mass is 16.5. The maximum Gasteiger partial charge on any atom is 0.313 e. The summed E-state index contributed by atoms with van der Waals surface area (Å²) in [6, 6.07) is 9.26. The monoisotopic (exact) mass is 247 g/mol. The molecule has 0 N–H and O–H groups in total. The number of methoxy groups -OCH3 is 1. The van der Waals surface area contributed by atoms with E-state index in [0.29, 0.717) is 5.57 Å². The summed E-state index contributed by atoms with van der Waals surface area (Å²) in [5, 5.41) is 0. The fraction of sp³-hybridized carbons (Fsp3) is 0.286. The Kier molecular flexibility index (Phi) is 5.11. The first-order chi connectivity index (χ1) is 8.54. The van der Waals surface area contributed by atoms with Gasteiger partial charge >= 0.3 is 5.97 Å². The largest absolute Gasteiger partial charge is 0.469 e. The molecule has 1 rings (SSSR count). The molecule has 0 radical (unpaired) electrons. The zero-order chi connectivity index (χ0) is 13.5. The molecule has 1 aromatic carbocycles. The van der Waals surface area contributed by atoms with E-state index in [9.17, 15) is 9.59 Å². The Bertz CT molecular complexity index is 449. The third kappa shape index (κ3) is 4.05. The molecular weight excluding hydrogens is 230 g/mol. The van der Waals surface area contributed by atoms with Crippen LogP contribution in [0.4, 0.5) is 0 Å². The summed E-state index contributed by atoms with van der Waals surface area (Å²) >= 11 is 0. The molecule has 0 saturated heterocycles. The van der Waals surface area contributed by atoms with Crippen LogP contribution in [-0.4, -0.2) is 37.9 Å². The van der Waals surface area contributed by atoms with Crippen molar-refractivity contribution in [1.82, 2.24) is 4.90 Å². The first-order valence-electron chi connectivity index (χ1n) is 5.58. The van der Waals surface area contributed by atoms with Crippen LogP contribution in [0, 0.1) is 0 Å². The summed E-state index contributed by atoms with van der Waals surface area (Å²) in [5.74, 6) is -0.776. The van der Waals surface area contributed by atoms with Crippen molar-refractivity contribution in [2.24, 2.45) is 0 Å². The third-order valence-corrected chi connectivity index (χ3v) is 2.31. The van der Waals surface area contributed by atoms with Crippen molar-refractivity contribution in [3.05, 3.63) is 42.1 Å². The Morgan fingerprint density at radius 2 is 1.83 bits per heavy atom. The van der Waals surface area contributed by atoms with Gasteiger partial charge < -0.3 is 9.64 Å². The first kappa shape index (κ1) is 14.0. The molecule has 0 heterocycles. The van der Waals surface area contributed by atoms with Crippen LogP contribution in [-0.2, 0) is 14.3 Å². The summed E-state index contributed by atoms with van der Waals surface area (Å²) in [4.78, 5) is 25.0. The molecule has 0 aliphatic carbocycles. The van der Waals surface area contributed by atoms with Crippen LogP contribution in [0.1, 0.15) is 12.0 Å². The number of ether oxygens (including phenoxy) is 1. The molecule has 0 unspecified atom stereocenters. The van der Waals surface area contributed by atoms with E-state index in [2.05, 4.69) is 4.74 Å². The Hall–Kier alpha value is -2.10. The predicted octanol–water partition coefficient (Wildman–Crippen LogP) is 1.72. The maximum absolute atomic E-state index is 12.1. The number of hydrogen-bond donors (Lipinski definition) is 0. The number of nitrogens with zero attached hydrogens (tertiary/aromatic N) is 1. The van der Waals surface area contributed by atoms with Crippen LogP contribution in [0.2, 0.25) is 0 Å². The number of hydrogen-bond acceptors (Lipinski definition) is 4. The molecule has 4 heteroatoms. The quantitative estimate of drug-likeness (QED) is 0.451. The van der Waals surface area contributed by atoms with E-state index >= 15 is 0 Å². The van der Waals surface area contributed by atoms with Crippen LogP contribution in [0.15, 0.2) is 36.5 Å². The summed E-state index contributed by atoms with van der Waals surface area (Å²) in [6.07, 6.45) is 1.46. The molecule has 0 atom stereocenters. The highest BCUT2D eigenvalue weighted by Gasteiger charge is 2.16. The van der Waals surface area contributed by atoms with Gasteiger partial charge in [-0.15, -0.1) is 0 Å². The van der Waals surface area contributed by atoms with E-state index in [0.717, 1.165) is 5.56 Å². The van der Waals surface area contributed by atoms with E-state index in [1.807, 2.05) is 44.4 Å². The fourth-order valence-electron chi connectivity index (χ4n) is 1.48. The van der Waals surface area contributed by atoms with Crippen LogP contribution >= 0.6 is 0 Å². The van der Waals surface area contributed by atoms with Crippen molar-refractivity contribution in [2.75, 3.05) is 21.2 Å². The Balaban J connectivity index is 3.01. The van der Waals surface area contributed by atoms with E-state index in [1.165, 1.54) is 7.11 Å². The Morgan fingerprint density at radius 3 is 2.33 bits per heavy atom. The van der Waals surface area contributed by atoms with Gasteiger partial charge in [0.05, 0.1) is 7.11 Å². The first-order valence-corrected chi connectivity index (χ1v) is 5.58. The van der Waals surface area contributed by atoms with Gasteiger partial charge in [0, 0.05) is 25.9 Å². The SMILES string of the molecule is COC(=O)CC(=O)C(=CN(C)C)c1ccccc1. The van der Waals surface area contributed by atoms with Crippen molar-refractivity contribution in [3.8, 4) is 0 Å². The van der Waals surface area contributed by atoms with E-state index in [-0.39, 0.29) is 12.2 Å². The molecule has 0 aliphatic rings. The van der Waals surface area contributed by atoms with Gasteiger partial charge in [0.15, 0.2) is 5.78 Å². The van der Waals surface area contributed by atoms with Gasteiger partial charge in [-0.3, -0.25) is 9.59 Å². The number of rotatable bonds is 5. The second-order valence-corrected chi connectivity index (χ2v) is 4.05. The van der Waals surface area contributed by atoms with E-state index < -0.39 is 5.97 Å². The lowest BCUT2D eigenvalue weighted by Crippen LogP contribution is -2.13. The number of ketones is 1. The second-order valence-electron chi connectivity index (χ2n) is 4.05. The van der Waals surface area contributed by atoms with Gasteiger partial charge in [-0.25, -0.2) is 0 Å². The molecule has 96 valence electrons. The van der Waals surface area contributed by atoms with Gasteiger partial charge in [-0.2, -0.15) is 0 Å². The summed E-state index contributed by atoms with van der Waals surface area (Å²) in [7, 11) is 4.93. The summed E-state index contributed by atoms with van der Waals surface area (Å²) < 4.78 is 4.51. The minimum atomic E-state index is -0.527. The molecule has 0 aromatic heterocycles. The topological polar surface area (TPSA) is 46.6 Å². The van der Waals surface area contributed by atoms with Crippen molar-refractivity contribution in [1.29, 1.82) is 0 Å². The highest BCUT2D eigenvalue weighted by Crippen LogP contribution is 2.17. The smallest absolute Gasteiger partial charge is 0.313 e. The van der Waals surface area contributed by atoms with Crippen LogP contribution in [0.5, 0.6) is 0 Å².